The second-order valence-corrected chi connectivity index (χ2v) is 6.27. The van der Waals surface area contributed by atoms with Crippen molar-refractivity contribution in [1.29, 1.82) is 0 Å². The van der Waals surface area contributed by atoms with Crippen LogP contribution in [0.25, 0.3) is 5.69 Å². The highest BCUT2D eigenvalue weighted by molar-refractivity contribution is 5.37. The zero-order chi connectivity index (χ0) is 15.5. The van der Waals surface area contributed by atoms with Gasteiger partial charge in [0.1, 0.15) is 5.75 Å². The van der Waals surface area contributed by atoms with Crippen molar-refractivity contribution < 1.29 is 4.74 Å². The Kier molecular flexibility index (Phi) is 4.57. The molecule has 0 aliphatic carbocycles. The number of nitrogens with zero attached hydrogens (tertiary/aromatic N) is 4. The minimum absolute atomic E-state index is 0.0196. The Labute approximate surface area is 125 Å². The topological polar surface area (TPSA) is 64.9 Å². The maximum atomic E-state index is 5.64. The van der Waals surface area contributed by atoms with Gasteiger partial charge < -0.3 is 10.1 Å². The van der Waals surface area contributed by atoms with Crippen LogP contribution in [0.4, 0.5) is 0 Å². The zero-order valence-electron chi connectivity index (χ0n) is 13.3. The van der Waals surface area contributed by atoms with Crippen molar-refractivity contribution in [2.45, 2.75) is 52.8 Å². The van der Waals surface area contributed by atoms with Crippen LogP contribution in [0.15, 0.2) is 24.3 Å². The lowest BCUT2D eigenvalue weighted by Crippen LogP contribution is -2.35. The van der Waals surface area contributed by atoms with E-state index in [1.807, 2.05) is 38.1 Å². The number of rotatable bonds is 5. The Balaban J connectivity index is 2.13. The molecule has 0 radical (unpaired) electrons. The zero-order valence-corrected chi connectivity index (χ0v) is 13.3. The van der Waals surface area contributed by atoms with Crippen LogP contribution in [0.3, 0.4) is 0 Å². The molecule has 114 valence electrons. The molecule has 6 nitrogen and oxygen atoms in total. The average molecular weight is 289 g/mol. The first-order chi connectivity index (χ1) is 9.85. The SMILES string of the molecule is CC(C)Oc1ccc(-n2nnnc2CNC(C)(C)C)cc1. The number of hydrogen-bond donors (Lipinski definition) is 1. The second-order valence-electron chi connectivity index (χ2n) is 6.27. The summed E-state index contributed by atoms with van der Waals surface area (Å²) in [6.45, 7) is 11.0. The fourth-order valence-electron chi connectivity index (χ4n) is 1.80. The minimum Gasteiger partial charge on any atom is -0.491 e. The first-order valence-electron chi connectivity index (χ1n) is 7.14. The summed E-state index contributed by atoms with van der Waals surface area (Å²) in [7, 11) is 0. The van der Waals surface area contributed by atoms with E-state index in [-0.39, 0.29) is 11.6 Å². The standard InChI is InChI=1S/C15H23N5O/c1-11(2)21-13-8-6-12(7-9-13)20-14(17-18-19-20)10-16-15(3,4)5/h6-9,11,16H,10H2,1-5H3. The number of nitrogens with one attached hydrogen (secondary N) is 1. The molecule has 1 heterocycles. The molecular formula is C15H23N5O. The molecule has 0 atom stereocenters. The molecule has 0 unspecified atom stereocenters. The van der Waals surface area contributed by atoms with Gasteiger partial charge in [0.25, 0.3) is 0 Å². The van der Waals surface area contributed by atoms with E-state index in [2.05, 4.69) is 41.6 Å². The maximum absolute atomic E-state index is 5.64. The summed E-state index contributed by atoms with van der Waals surface area (Å²) in [5.74, 6) is 1.62. The first kappa shape index (κ1) is 15.4. The lowest BCUT2D eigenvalue weighted by molar-refractivity contribution is 0.242. The Morgan fingerprint density at radius 3 is 2.43 bits per heavy atom. The highest BCUT2D eigenvalue weighted by Gasteiger charge is 2.13. The molecule has 0 fully saturated rings. The van der Waals surface area contributed by atoms with Gasteiger partial charge in [-0.25, -0.2) is 0 Å². The predicted molar refractivity (Wildman–Crippen MR) is 81.5 cm³/mol. The van der Waals surface area contributed by atoms with Crippen LogP contribution >= 0.6 is 0 Å². The highest BCUT2D eigenvalue weighted by Crippen LogP contribution is 2.16. The van der Waals surface area contributed by atoms with Gasteiger partial charge >= 0.3 is 0 Å². The summed E-state index contributed by atoms with van der Waals surface area (Å²) in [5, 5.41) is 15.3. The number of hydrogen-bond acceptors (Lipinski definition) is 5. The maximum Gasteiger partial charge on any atom is 0.170 e. The molecule has 0 aliphatic heterocycles. The fourth-order valence-corrected chi connectivity index (χ4v) is 1.80. The number of aromatic nitrogens is 4. The summed E-state index contributed by atoms with van der Waals surface area (Å²) in [6, 6.07) is 7.76. The van der Waals surface area contributed by atoms with E-state index in [1.54, 1.807) is 4.68 Å². The van der Waals surface area contributed by atoms with Gasteiger partial charge in [-0.05, 0) is 69.3 Å². The van der Waals surface area contributed by atoms with Gasteiger partial charge in [0.15, 0.2) is 5.82 Å². The van der Waals surface area contributed by atoms with Crippen LogP contribution in [0.1, 0.15) is 40.4 Å². The molecule has 1 N–H and O–H groups in total. The second kappa shape index (κ2) is 6.22. The van der Waals surface area contributed by atoms with Gasteiger partial charge in [0, 0.05) is 5.54 Å². The van der Waals surface area contributed by atoms with Crippen LogP contribution in [0, 0.1) is 0 Å². The van der Waals surface area contributed by atoms with Crippen LogP contribution in [0.2, 0.25) is 0 Å². The Morgan fingerprint density at radius 2 is 1.86 bits per heavy atom. The molecule has 0 saturated carbocycles. The third-order valence-corrected chi connectivity index (χ3v) is 2.76. The summed E-state index contributed by atoms with van der Waals surface area (Å²) in [5.41, 5.74) is 0.938. The van der Waals surface area contributed by atoms with Crippen LogP contribution < -0.4 is 10.1 Å². The molecule has 2 aromatic rings. The monoisotopic (exact) mass is 289 g/mol. The summed E-state index contributed by atoms with van der Waals surface area (Å²) in [6.07, 6.45) is 0.162. The molecule has 0 amide bonds. The predicted octanol–water partition coefficient (Wildman–Crippen LogP) is 2.34. The van der Waals surface area contributed by atoms with Gasteiger partial charge in [0.05, 0.1) is 18.3 Å². The Morgan fingerprint density at radius 1 is 1.19 bits per heavy atom. The molecule has 0 saturated heterocycles. The van der Waals surface area contributed by atoms with Crippen molar-refractivity contribution >= 4 is 0 Å². The van der Waals surface area contributed by atoms with Crippen molar-refractivity contribution in [3.8, 4) is 11.4 Å². The van der Waals surface area contributed by atoms with Gasteiger partial charge in [-0.1, -0.05) is 0 Å². The van der Waals surface area contributed by atoms with Crippen LogP contribution in [-0.2, 0) is 6.54 Å². The van der Waals surface area contributed by atoms with Gasteiger partial charge in [0.2, 0.25) is 0 Å². The lowest BCUT2D eigenvalue weighted by atomic mass is 10.1. The lowest BCUT2D eigenvalue weighted by Gasteiger charge is -2.19. The number of benzene rings is 1. The fraction of sp³-hybridized carbons (Fsp3) is 0.533. The Bertz CT molecular complexity index is 568. The average Bonchev–Trinajstić information content (AvgIpc) is 2.84. The molecule has 1 aromatic carbocycles. The first-order valence-corrected chi connectivity index (χ1v) is 7.14. The molecular weight excluding hydrogens is 266 g/mol. The molecule has 1 aromatic heterocycles. The van der Waals surface area contributed by atoms with Gasteiger partial charge in [-0.3, -0.25) is 0 Å². The van der Waals surface area contributed by atoms with E-state index in [4.69, 9.17) is 4.74 Å². The molecule has 0 bridgehead atoms. The van der Waals surface area contributed by atoms with Crippen molar-refractivity contribution in [2.75, 3.05) is 0 Å². The quantitative estimate of drug-likeness (QED) is 0.915. The molecule has 21 heavy (non-hydrogen) atoms. The molecule has 0 aliphatic rings. The third-order valence-electron chi connectivity index (χ3n) is 2.76. The number of ether oxygens (including phenoxy) is 1. The van der Waals surface area contributed by atoms with Crippen LogP contribution in [-0.4, -0.2) is 31.9 Å². The Hall–Kier alpha value is -1.95. The largest absolute Gasteiger partial charge is 0.491 e. The highest BCUT2D eigenvalue weighted by atomic mass is 16.5. The number of tetrazole rings is 1. The molecule has 2 rings (SSSR count). The normalized spacial score (nSPS) is 11.9. The summed E-state index contributed by atoms with van der Waals surface area (Å²) < 4.78 is 7.37. The van der Waals surface area contributed by atoms with E-state index >= 15 is 0 Å². The van der Waals surface area contributed by atoms with Crippen LogP contribution in [0.5, 0.6) is 5.75 Å². The summed E-state index contributed by atoms with van der Waals surface area (Å²) >= 11 is 0. The van der Waals surface area contributed by atoms with Gasteiger partial charge in [-0.15, -0.1) is 5.10 Å². The summed E-state index contributed by atoms with van der Waals surface area (Å²) in [4.78, 5) is 0. The molecule has 6 heteroatoms. The molecule has 0 spiro atoms. The van der Waals surface area contributed by atoms with E-state index in [0.717, 1.165) is 17.3 Å². The van der Waals surface area contributed by atoms with E-state index in [9.17, 15) is 0 Å². The van der Waals surface area contributed by atoms with E-state index < -0.39 is 0 Å². The van der Waals surface area contributed by atoms with Crippen molar-refractivity contribution in [1.82, 2.24) is 25.5 Å². The van der Waals surface area contributed by atoms with Crippen molar-refractivity contribution in [3.05, 3.63) is 30.1 Å². The smallest absolute Gasteiger partial charge is 0.170 e. The minimum atomic E-state index is 0.0196. The van der Waals surface area contributed by atoms with Crippen molar-refractivity contribution in [3.63, 3.8) is 0 Å². The van der Waals surface area contributed by atoms with Gasteiger partial charge in [-0.2, -0.15) is 4.68 Å². The van der Waals surface area contributed by atoms with E-state index in [1.165, 1.54) is 0 Å². The third kappa shape index (κ3) is 4.53. The van der Waals surface area contributed by atoms with E-state index in [0.29, 0.717) is 6.54 Å². The van der Waals surface area contributed by atoms with Crippen molar-refractivity contribution in [2.24, 2.45) is 0 Å².